The monoisotopic (exact) mass is 365 g/mol. The first-order valence-corrected chi connectivity index (χ1v) is 8.60. The third kappa shape index (κ3) is 5.57. The maximum atomic E-state index is 13.2. The highest BCUT2D eigenvalue weighted by atomic mass is 19.1. The number of amides is 1. The largest absolute Gasteiger partial charge is 0.489 e. The summed E-state index contributed by atoms with van der Waals surface area (Å²) in [4.78, 5) is 12.2. The van der Waals surface area contributed by atoms with E-state index in [1.807, 2.05) is 30.3 Å². The van der Waals surface area contributed by atoms with E-state index in [0.29, 0.717) is 23.8 Å². The van der Waals surface area contributed by atoms with Crippen molar-refractivity contribution in [3.63, 3.8) is 0 Å². The minimum Gasteiger partial charge on any atom is -0.489 e. The van der Waals surface area contributed by atoms with Crippen LogP contribution in [-0.4, -0.2) is 12.0 Å². The predicted octanol–water partition coefficient (Wildman–Crippen LogP) is 4.81. The molecule has 0 saturated heterocycles. The van der Waals surface area contributed by atoms with Gasteiger partial charge < -0.3 is 14.8 Å². The number of carbonyl (C=O) groups excluding carboxylic acids is 1. The van der Waals surface area contributed by atoms with Gasteiger partial charge in [0.2, 0.25) is 0 Å². The zero-order chi connectivity index (χ0) is 19.1. The summed E-state index contributed by atoms with van der Waals surface area (Å²) in [6, 6.07) is 22.7. The number of rotatable bonds is 7. The van der Waals surface area contributed by atoms with Crippen molar-refractivity contribution in [2.24, 2.45) is 0 Å². The van der Waals surface area contributed by atoms with Crippen LogP contribution in [0.1, 0.15) is 12.5 Å². The van der Waals surface area contributed by atoms with Crippen LogP contribution in [0.5, 0.6) is 11.5 Å². The van der Waals surface area contributed by atoms with Crippen molar-refractivity contribution in [1.82, 2.24) is 0 Å². The maximum Gasteiger partial charge on any atom is 0.265 e. The molecule has 3 rings (SSSR count). The second-order valence-electron chi connectivity index (χ2n) is 6.01. The highest BCUT2D eigenvalue weighted by Gasteiger charge is 2.15. The quantitative estimate of drug-likeness (QED) is 0.654. The molecule has 1 unspecified atom stereocenters. The Labute approximate surface area is 157 Å². The number of halogens is 1. The highest BCUT2D eigenvalue weighted by Crippen LogP contribution is 2.18. The van der Waals surface area contributed by atoms with Crippen LogP contribution in [0.3, 0.4) is 0 Å². The average Bonchev–Trinajstić information content (AvgIpc) is 2.68. The molecule has 3 aromatic carbocycles. The van der Waals surface area contributed by atoms with E-state index >= 15 is 0 Å². The summed E-state index contributed by atoms with van der Waals surface area (Å²) in [5, 5.41) is 2.76. The molecule has 0 bridgehead atoms. The van der Waals surface area contributed by atoms with Gasteiger partial charge in [-0.1, -0.05) is 36.4 Å². The summed E-state index contributed by atoms with van der Waals surface area (Å²) >= 11 is 0. The van der Waals surface area contributed by atoms with Crippen LogP contribution in [0.2, 0.25) is 0 Å². The molecule has 0 aliphatic rings. The van der Waals surface area contributed by atoms with E-state index in [4.69, 9.17) is 9.47 Å². The molecule has 0 saturated carbocycles. The van der Waals surface area contributed by atoms with Crippen molar-refractivity contribution in [2.45, 2.75) is 19.6 Å². The third-order valence-electron chi connectivity index (χ3n) is 3.85. The zero-order valence-corrected chi connectivity index (χ0v) is 14.9. The molecule has 1 N–H and O–H groups in total. The van der Waals surface area contributed by atoms with E-state index in [1.165, 1.54) is 18.2 Å². The van der Waals surface area contributed by atoms with Crippen molar-refractivity contribution < 1.29 is 18.7 Å². The number of hydrogen-bond donors (Lipinski definition) is 1. The second kappa shape index (κ2) is 8.85. The van der Waals surface area contributed by atoms with Crippen molar-refractivity contribution in [3.8, 4) is 11.5 Å². The Bertz CT molecular complexity index is 882. The van der Waals surface area contributed by atoms with E-state index in [1.54, 1.807) is 37.3 Å². The number of anilines is 1. The molecule has 138 valence electrons. The summed E-state index contributed by atoms with van der Waals surface area (Å²) in [5.74, 6) is 0.284. The fraction of sp³-hybridized carbons (Fsp3) is 0.136. The third-order valence-corrected chi connectivity index (χ3v) is 3.85. The Morgan fingerprint density at radius 3 is 2.41 bits per heavy atom. The van der Waals surface area contributed by atoms with Crippen molar-refractivity contribution in [3.05, 3.63) is 90.2 Å². The first-order chi connectivity index (χ1) is 13.1. The summed E-state index contributed by atoms with van der Waals surface area (Å²) in [6.45, 7) is 2.09. The number of benzene rings is 3. The van der Waals surface area contributed by atoms with Gasteiger partial charge in [0.1, 0.15) is 23.9 Å². The van der Waals surface area contributed by atoms with Crippen LogP contribution < -0.4 is 14.8 Å². The zero-order valence-electron chi connectivity index (χ0n) is 14.9. The van der Waals surface area contributed by atoms with Gasteiger partial charge >= 0.3 is 0 Å². The van der Waals surface area contributed by atoms with Crippen LogP contribution in [0.25, 0.3) is 0 Å². The van der Waals surface area contributed by atoms with E-state index in [0.717, 1.165) is 5.56 Å². The van der Waals surface area contributed by atoms with Gasteiger partial charge in [0.05, 0.1) is 0 Å². The van der Waals surface area contributed by atoms with Gasteiger partial charge in [-0.25, -0.2) is 4.39 Å². The van der Waals surface area contributed by atoms with Crippen LogP contribution in [-0.2, 0) is 11.4 Å². The SMILES string of the molecule is CC(Oc1cccc(F)c1)C(=O)Nc1ccc(OCc2ccccc2)cc1. The van der Waals surface area contributed by atoms with Gasteiger partial charge in [-0.3, -0.25) is 4.79 Å². The van der Waals surface area contributed by atoms with Gasteiger partial charge in [0.25, 0.3) is 5.91 Å². The molecule has 0 radical (unpaired) electrons. The van der Waals surface area contributed by atoms with Gasteiger partial charge in [-0.2, -0.15) is 0 Å². The lowest BCUT2D eigenvalue weighted by molar-refractivity contribution is -0.122. The fourth-order valence-electron chi connectivity index (χ4n) is 2.42. The Kier molecular flexibility index (Phi) is 6.05. The van der Waals surface area contributed by atoms with Crippen LogP contribution in [0, 0.1) is 5.82 Å². The summed E-state index contributed by atoms with van der Waals surface area (Å²) in [6.07, 6.45) is -0.763. The second-order valence-corrected chi connectivity index (χ2v) is 6.01. The fourth-order valence-corrected chi connectivity index (χ4v) is 2.42. The molecule has 0 aromatic heterocycles. The smallest absolute Gasteiger partial charge is 0.265 e. The lowest BCUT2D eigenvalue weighted by Crippen LogP contribution is -2.30. The minimum atomic E-state index is -0.763. The van der Waals surface area contributed by atoms with Gasteiger partial charge in [0, 0.05) is 11.8 Å². The molecule has 5 heteroatoms. The molecular formula is C22H20FNO3. The Morgan fingerprint density at radius 1 is 0.963 bits per heavy atom. The van der Waals surface area contributed by atoms with E-state index < -0.39 is 11.9 Å². The van der Waals surface area contributed by atoms with Crippen LogP contribution in [0.15, 0.2) is 78.9 Å². The molecule has 0 aliphatic heterocycles. The van der Waals surface area contributed by atoms with Crippen LogP contribution in [0.4, 0.5) is 10.1 Å². The Hall–Kier alpha value is -3.34. The van der Waals surface area contributed by atoms with Gasteiger partial charge in [-0.15, -0.1) is 0 Å². The number of ether oxygens (including phenoxy) is 2. The molecule has 1 atom stereocenters. The highest BCUT2D eigenvalue weighted by molar-refractivity contribution is 5.94. The molecule has 3 aromatic rings. The standard InChI is InChI=1S/C22H20FNO3/c1-16(27-21-9-5-8-18(23)14-21)22(25)24-19-10-12-20(13-11-19)26-15-17-6-3-2-4-7-17/h2-14,16H,15H2,1H3,(H,24,25). The topological polar surface area (TPSA) is 47.6 Å². The molecule has 0 spiro atoms. The number of carbonyl (C=O) groups is 1. The lowest BCUT2D eigenvalue weighted by Gasteiger charge is -2.15. The average molecular weight is 365 g/mol. The normalized spacial score (nSPS) is 11.5. The van der Waals surface area contributed by atoms with E-state index in [9.17, 15) is 9.18 Å². The van der Waals surface area contributed by atoms with Gasteiger partial charge in [0.15, 0.2) is 6.10 Å². The molecule has 0 aliphatic carbocycles. The molecule has 4 nitrogen and oxygen atoms in total. The van der Waals surface area contributed by atoms with E-state index in [-0.39, 0.29) is 5.91 Å². The molecule has 0 fully saturated rings. The molecule has 1 amide bonds. The minimum absolute atomic E-state index is 0.308. The molecule has 0 heterocycles. The predicted molar refractivity (Wildman–Crippen MR) is 102 cm³/mol. The molecule has 27 heavy (non-hydrogen) atoms. The Balaban J connectivity index is 1.51. The number of hydrogen-bond acceptors (Lipinski definition) is 3. The van der Waals surface area contributed by atoms with Crippen molar-refractivity contribution >= 4 is 11.6 Å². The Morgan fingerprint density at radius 2 is 1.70 bits per heavy atom. The summed E-state index contributed by atoms with van der Waals surface area (Å²) < 4.78 is 24.4. The first kappa shape index (κ1) is 18.5. The first-order valence-electron chi connectivity index (χ1n) is 8.60. The maximum absolute atomic E-state index is 13.2. The van der Waals surface area contributed by atoms with Crippen LogP contribution >= 0.6 is 0 Å². The summed E-state index contributed by atoms with van der Waals surface area (Å²) in [7, 11) is 0. The van der Waals surface area contributed by atoms with E-state index in [2.05, 4.69) is 5.32 Å². The molecular weight excluding hydrogens is 345 g/mol. The van der Waals surface area contributed by atoms with Crippen molar-refractivity contribution in [2.75, 3.05) is 5.32 Å². The number of nitrogens with one attached hydrogen (secondary N) is 1. The van der Waals surface area contributed by atoms with Gasteiger partial charge in [-0.05, 0) is 48.9 Å². The lowest BCUT2D eigenvalue weighted by atomic mass is 10.2. The summed E-state index contributed by atoms with van der Waals surface area (Å²) in [5.41, 5.74) is 1.71. The van der Waals surface area contributed by atoms with Crippen molar-refractivity contribution in [1.29, 1.82) is 0 Å².